The molecule has 0 aliphatic heterocycles. The van der Waals surface area contributed by atoms with Crippen LogP contribution in [0.1, 0.15) is 0 Å². The SMILES string of the molecule is O.O=C(O)Cn1nnnc1-c1ccsc1. The Labute approximate surface area is 88.3 Å². The molecule has 0 bridgehead atoms. The van der Waals surface area contributed by atoms with Crippen molar-refractivity contribution in [1.82, 2.24) is 20.2 Å². The second-order valence-electron chi connectivity index (χ2n) is 2.57. The molecule has 2 heterocycles. The molecule has 0 amide bonds. The highest BCUT2D eigenvalue weighted by Gasteiger charge is 2.11. The first-order valence-electron chi connectivity index (χ1n) is 3.78. The van der Waals surface area contributed by atoms with Gasteiger partial charge in [0.2, 0.25) is 0 Å². The molecule has 0 saturated carbocycles. The number of carboxylic acid groups (broad SMARTS) is 1. The van der Waals surface area contributed by atoms with Crippen LogP contribution in [0.15, 0.2) is 16.8 Å². The van der Waals surface area contributed by atoms with Crippen LogP contribution in [-0.2, 0) is 11.3 Å². The number of nitrogens with zero attached hydrogens (tertiary/aromatic N) is 4. The van der Waals surface area contributed by atoms with Crippen LogP contribution in [0.3, 0.4) is 0 Å². The minimum absolute atomic E-state index is 0. The van der Waals surface area contributed by atoms with Gasteiger partial charge in [-0.15, -0.1) is 5.10 Å². The average molecular weight is 228 g/mol. The molecule has 0 saturated heterocycles. The molecule has 0 atom stereocenters. The lowest BCUT2D eigenvalue weighted by Gasteiger charge is -1.97. The van der Waals surface area contributed by atoms with Gasteiger partial charge in [0, 0.05) is 10.9 Å². The van der Waals surface area contributed by atoms with Crippen LogP contribution in [-0.4, -0.2) is 36.8 Å². The topological polar surface area (TPSA) is 112 Å². The molecule has 0 radical (unpaired) electrons. The fraction of sp³-hybridized carbons (Fsp3) is 0.143. The van der Waals surface area contributed by atoms with Crippen LogP contribution >= 0.6 is 11.3 Å². The summed E-state index contributed by atoms with van der Waals surface area (Å²) in [4.78, 5) is 10.5. The average Bonchev–Trinajstić information content (AvgIpc) is 2.70. The molecule has 0 spiro atoms. The third-order valence-electron chi connectivity index (χ3n) is 1.60. The van der Waals surface area contributed by atoms with Gasteiger partial charge in [0.25, 0.3) is 0 Å². The van der Waals surface area contributed by atoms with E-state index in [1.807, 2.05) is 16.8 Å². The number of tetrazole rings is 1. The van der Waals surface area contributed by atoms with Gasteiger partial charge in [-0.05, 0) is 21.9 Å². The van der Waals surface area contributed by atoms with E-state index in [0.29, 0.717) is 5.82 Å². The zero-order chi connectivity index (χ0) is 9.97. The maximum atomic E-state index is 10.5. The summed E-state index contributed by atoms with van der Waals surface area (Å²) in [5, 5.41) is 23.1. The molecular formula is C7H8N4O3S. The van der Waals surface area contributed by atoms with Gasteiger partial charge in [-0.3, -0.25) is 4.79 Å². The number of aromatic nitrogens is 4. The van der Waals surface area contributed by atoms with E-state index in [0.717, 1.165) is 5.56 Å². The Morgan fingerprint density at radius 3 is 3.00 bits per heavy atom. The lowest BCUT2D eigenvalue weighted by Crippen LogP contribution is -2.11. The van der Waals surface area contributed by atoms with Crippen molar-refractivity contribution in [2.75, 3.05) is 0 Å². The van der Waals surface area contributed by atoms with Crippen molar-refractivity contribution >= 4 is 17.3 Å². The van der Waals surface area contributed by atoms with E-state index in [-0.39, 0.29) is 12.0 Å². The number of rotatable bonds is 3. The van der Waals surface area contributed by atoms with Gasteiger partial charge in [-0.25, -0.2) is 4.68 Å². The van der Waals surface area contributed by atoms with Gasteiger partial charge in [0.15, 0.2) is 5.82 Å². The molecular weight excluding hydrogens is 220 g/mol. The van der Waals surface area contributed by atoms with Crippen molar-refractivity contribution in [3.8, 4) is 11.4 Å². The lowest BCUT2D eigenvalue weighted by atomic mass is 10.3. The highest BCUT2D eigenvalue weighted by molar-refractivity contribution is 7.08. The van der Waals surface area contributed by atoms with Gasteiger partial charge in [0.1, 0.15) is 6.54 Å². The summed E-state index contributed by atoms with van der Waals surface area (Å²) in [6.45, 7) is -0.224. The molecule has 8 heteroatoms. The first-order valence-corrected chi connectivity index (χ1v) is 4.72. The van der Waals surface area contributed by atoms with E-state index in [9.17, 15) is 4.79 Å². The van der Waals surface area contributed by atoms with Crippen molar-refractivity contribution in [3.05, 3.63) is 16.8 Å². The Morgan fingerprint density at radius 2 is 2.40 bits per heavy atom. The normalized spacial score (nSPS) is 9.60. The number of hydrogen-bond donors (Lipinski definition) is 1. The molecule has 0 aliphatic rings. The molecule has 7 nitrogen and oxygen atoms in total. The first kappa shape index (κ1) is 11.3. The van der Waals surface area contributed by atoms with Crippen molar-refractivity contribution in [1.29, 1.82) is 0 Å². The van der Waals surface area contributed by atoms with Gasteiger partial charge in [-0.1, -0.05) is 0 Å². The third kappa shape index (κ3) is 2.36. The standard InChI is InChI=1S/C7H6N4O2S.H2O/c12-6(13)3-11-7(8-9-10-11)5-1-2-14-4-5;/h1-2,4H,3H2,(H,12,13);1H2. The smallest absolute Gasteiger partial charge is 0.325 e. The molecule has 0 aromatic carbocycles. The quantitative estimate of drug-likeness (QED) is 0.772. The van der Waals surface area contributed by atoms with Crippen LogP contribution in [0.5, 0.6) is 0 Å². The summed E-state index contributed by atoms with van der Waals surface area (Å²) in [6, 6.07) is 1.84. The van der Waals surface area contributed by atoms with Crippen LogP contribution in [0.4, 0.5) is 0 Å². The third-order valence-corrected chi connectivity index (χ3v) is 2.28. The van der Waals surface area contributed by atoms with Crippen LogP contribution < -0.4 is 0 Å². The Bertz CT molecular complexity index is 439. The van der Waals surface area contributed by atoms with Crippen LogP contribution in [0, 0.1) is 0 Å². The summed E-state index contributed by atoms with van der Waals surface area (Å²) in [5.41, 5.74) is 0.834. The molecule has 2 aromatic heterocycles. The van der Waals surface area contributed by atoms with Crippen LogP contribution in [0.25, 0.3) is 11.4 Å². The monoisotopic (exact) mass is 228 g/mol. The minimum atomic E-state index is -0.964. The maximum Gasteiger partial charge on any atom is 0.325 e. The van der Waals surface area contributed by atoms with Crippen molar-refractivity contribution in [2.24, 2.45) is 0 Å². The molecule has 2 rings (SSSR count). The van der Waals surface area contributed by atoms with E-state index < -0.39 is 5.97 Å². The Kier molecular flexibility index (Phi) is 3.47. The molecule has 15 heavy (non-hydrogen) atoms. The van der Waals surface area contributed by atoms with Gasteiger partial charge < -0.3 is 10.6 Å². The maximum absolute atomic E-state index is 10.5. The highest BCUT2D eigenvalue weighted by atomic mass is 32.1. The number of thiophene rings is 1. The fourth-order valence-corrected chi connectivity index (χ4v) is 1.67. The summed E-state index contributed by atoms with van der Waals surface area (Å²) < 4.78 is 1.25. The highest BCUT2D eigenvalue weighted by Crippen LogP contribution is 2.18. The van der Waals surface area contributed by atoms with Crippen molar-refractivity contribution < 1.29 is 15.4 Å². The Balaban J connectivity index is 0.00000112. The van der Waals surface area contributed by atoms with E-state index in [4.69, 9.17) is 5.11 Å². The molecule has 0 aliphatic carbocycles. The van der Waals surface area contributed by atoms with Crippen LogP contribution in [0.2, 0.25) is 0 Å². The Hall–Kier alpha value is -1.80. The van der Waals surface area contributed by atoms with Crippen molar-refractivity contribution in [2.45, 2.75) is 6.54 Å². The second kappa shape index (κ2) is 4.62. The molecule has 3 N–H and O–H groups in total. The molecule has 2 aromatic rings. The van der Waals surface area contributed by atoms with Gasteiger partial charge in [0.05, 0.1) is 0 Å². The summed E-state index contributed by atoms with van der Waals surface area (Å²) in [5.74, 6) is -0.484. The van der Waals surface area contributed by atoms with E-state index in [1.165, 1.54) is 16.0 Å². The van der Waals surface area contributed by atoms with Crippen molar-refractivity contribution in [3.63, 3.8) is 0 Å². The number of carbonyl (C=O) groups is 1. The predicted molar refractivity (Wildman–Crippen MR) is 52.4 cm³/mol. The molecule has 0 fully saturated rings. The van der Waals surface area contributed by atoms with Gasteiger partial charge >= 0.3 is 5.97 Å². The largest absolute Gasteiger partial charge is 0.480 e. The summed E-state index contributed by atoms with van der Waals surface area (Å²) >= 11 is 1.51. The number of aliphatic carboxylic acids is 1. The number of carboxylic acids is 1. The molecule has 0 unspecified atom stereocenters. The Morgan fingerprint density at radius 1 is 1.60 bits per heavy atom. The van der Waals surface area contributed by atoms with Gasteiger partial charge in [-0.2, -0.15) is 11.3 Å². The summed E-state index contributed by atoms with van der Waals surface area (Å²) in [7, 11) is 0. The van der Waals surface area contributed by atoms with E-state index >= 15 is 0 Å². The first-order chi connectivity index (χ1) is 6.77. The fourth-order valence-electron chi connectivity index (χ4n) is 1.04. The zero-order valence-corrected chi connectivity index (χ0v) is 8.31. The molecule has 80 valence electrons. The minimum Gasteiger partial charge on any atom is -0.480 e. The van der Waals surface area contributed by atoms with E-state index in [2.05, 4.69) is 15.5 Å². The second-order valence-corrected chi connectivity index (χ2v) is 3.35. The summed E-state index contributed by atoms with van der Waals surface area (Å²) in [6.07, 6.45) is 0. The lowest BCUT2D eigenvalue weighted by molar-refractivity contribution is -0.137. The predicted octanol–water partition coefficient (Wildman–Crippen LogP) is -0.339. The van der Waals surface area contributed by atoms with E-state index in [1.54, 1.807) is 0 Å². The zero-order valence-electron chi connectivity index (χ0n) is 7.49. The number of hydrogen-bond acceptors (Lipinski definition) is 5.